The molecule has 0 heterocycles. The Labute approximate surface area is 86.0 Å². The van der Waals surface area contributed by atoms with E-state index in [-0.39, 0.29) is 11.7 Å². The minimum Gasteiger partial charge on any atom is -0.325 e. The molecule has 0 aliphatic carbocycles. The molecule has 3 nitrogen and oxygen atoms in total. The fourth-order valence-electron chi connectivity index (χ4n) is 0.967. The van der Waals surface area contributed by atoms with Gasteiger partial charge in [0, 0.05) is 22.2 Å². The highest BCUT2D eigenvalue weighted by atomic mass is 32.2. The first-order valence-corrected chi connectivity index (χ1v) is 5.91. The largest absolute Gasteiger partial charge is 0.325 e. The SMILES string of the molecule is CCS(=O)CC(=O)Nc1ccccc1. The summed E-state index contributed by atoms with van der Waals surface area (Å²) in [5, 5.41) is 2.68. The van der Waals surface area contributed by atoms with Gasteiger partial charge in [-0.25, -0.2) is 0 Å². The van der Waals surface area contributed by atoms with E-state index in [1.54, 1.807) is 19.1 Å². The first kappa shape index (κ1) is 10.9. The molecule has 1 atom stereocenters. The average Bonchev–Trinajstić information content (AvgIpc) is 2.19. The molecular weight excluding hydrogens is 198 g/mol. The van der Waals surface area contributed by atoms with E-state index < -0.39 is 10.8 Å². The van der Waals surface area contributed by atoms with Crippen LogP contribution < -0.4 is 5.32 Å². The summed E-state index contributed by atoms with van der Waals surface area (Å²) in [4.78, 5) is 11.3. The standard InChI is InChI=1S/C10H13NO2S/c1-2-14(13)8-10(12)11-9-6-4-3-5-7-9/h3-7H,2,8H2,1H3,(H,11,12). The first-order chi connectivity index (χ1) is 6.72. The lowest BCUT2D eigenvalue weighted by Gasteiger charge is -2.03. The molecule has 1 rings (SSSR count). The van der Waals surface area contributed by atoms with Crippen molar-refractivity contribution >= 4 is 22.4 Å². The van der Waals surface area contributed by atoms with Gasteiger partial charge in [-0.15, -0.1) is 0 Å². The Balaban J connectivity index is 2.46. The Bertz CT molecular complexity index is 324. The van der Waals surface area contributed by atoms with E-state index >= 15 is 0 Å². The molecule has 0 saturated heterocycles. The van der Waals surface area contributed by atoms with Gasteiger partial charge in [0.15, 0.2) is 0 Å². The van der Waals surface area contributed by atoms with Crippen LogP contribution in [-0.4, -0.2) is 21.6 Å². The topological polar surface area (TPSA) is 46.2 Å². The van der Waals surface area contributed by atoms with Crippen molar-refractivity contribution in [1.29, 1.82) is 0 Å². The molecule has 0 spiro atoms. The molecule has 76 valence electrons. The van der Waals surface area contributed by atoms with Crippen molar-refractivity contribution in [2.24, 2.45) is 0 Å². The summed E-state index contributed by atoms with van der Waals surface area (Å²) in [6, 6.07) is 9.15. The Morgan fingerprint density at radius 3 is 2.57 bits per heavy atom. The van der Waals surface area contributed by atoms with Crippen molar-refractivity contribution in [3.63, 3.8) is 0 Å². The third-order valence-electron chi connectivity index (χ3n) is 1.67. The molecule has 1 unspecified atom stereocenters. The third kappa shape index (κ3) is 3.70. The second-order valence-electron chi connectivity index (χ2n) is 2.79. The molecule has 0 aromatic heterocycles. The van der Waals surface area contributed by atoms with Crippen LogP contribution >= 0.6 is 0 Å². The fourth-order valence-corrected chi connectivity index (χ4v) is 1.54. The lowest BCUT2D eigenvalue weighted by Crippen LogP contribution is -2.20. The lowest BCUT2D eigenvalue weighted by atomic mass is 10.3. The van der Waals surface area contributed by atoms with Crippen LogP contribution in [0.2, 0.25) is 0 Å². The van der Waals surface area contributed by atoms with E-state index in [1.807, 2.05) is 18.2 Å². The molecule has 0 aliphatic heterocycles. The van der Waals surface area contributed by atoms with Crippen molar-refractivity contribution < 1.29 is 9.00 Å². The molecule has 0 aliphatic rings. The zero-order chi connectivity index (χ0) is 10.4. The summed E-state index contributed by atoms with van der Waals surface area (Å²) in [6.45, 7) is 1.80. The smallest absolute Gasteiger partial charge is 0.236 e. The second kappa shape index (κ2) is 5.54. The summed E-state index contributed by atoms with van der Waals surface area (Å²) >= 11 is 0. The summed E-state index contributed by atoms with van der Waals surface area (Å²) in [7, 11) is -1.04. The number of carbonyl (C=O) groups is 1. The molecule has 14 heavy (non-hydrogen) atoms. The molecule has 0 fully saturated rings. The lowest BCUT2D eigenvalue weighted by molar-refractivity contribution is -0.113. The zero-order valence-electron chi connectivity index (χ0n) is 8.03. The molecule has 0 saturated carbocycles. The van der Waals surface area contributed by atoms with Gasteiger partial charge < -0.3 is 5.32 Å². The fraction of sp³-hybridized carbons (Fsp3) is 0.300. The predicted octanol–water partition coefficient (Wildman–Crippen LogP) is 1.39. The number of hydrogen-bond acceptors (Lipinski definition) is 2. The molecule has 1 aromatic rings. The highest BCUT2D eigenvalue weighted by Crippen LogP contribution is 2.04. The van der Waals surface area contributed by atoms with Crippen molar-refractivity contribution in [2.45, 2.75) is 6.92 Å². The van der Waals surface area contributed by atoms with E-state index in [0.717, 1.165) is 5.69 Å². The Morgan fingerprint density at radius 1 is 1.36 bits per heavy atom. The molecule has 0 bridgehead atoms. The number of hydrogen-bond donors (Lipinski definition) is 1. The van der Waals surface area contributed by atoms with Crippen molar-refractivity contribution in [3.8, 4) is 0 Å². The van der Waals surface area contributed by atoms with Gasteiger partial charge >= 0.3 is 0 Å². The molecule has 1 amide bonds. The summed E-state index contributed by atoms with van der Waals surface area (Å²) < 4.78 is 11.1. The summed E-state index contributed by atoms with van der Waals surface area (Å²) in [5.41, 5.74) is 0.741. The molecular formula is C10H13NO2S. The van der Waals surface area contributed by atoms with E-state index in [9.17, 15) is 9.00 Å². The van der Waals surface area contributed by atoms with Crippen LogP contribution in [0.3, 0.4) is 0 Å². The molecule has 1 aromatic carbocycles. The maximum atomic E-state index is 11.3. The van der Waals surface area contributed by atoms with Crippen LogP contribution in [0.4, 0.5) is 5.69 Å². The van der Waals surface area contributed by atoms with Gasteiger partial charge in [-0.2, -0.15) is 0 Å². The minimum absolute atomic E-state index is 0.0748. The summed E-state index contributed by atoms with van der Waals surface area (Å²) in [6.07, 6.45) is 0. The maximum absolute atomic E-state index is 11.3. The monoisotopic (exact) mass is 211 g/mol. The van der Waals surface area contributed by atoms with E-state index in [2.05, 4.69) is 5.32 Å². The molecule has 0 radical (unpaired) electrons. The Hall–Kier alpha value is -1.16. The van der Waals surface area contributed by atoms with Gasteiger partial charge in [-0.3, -0.25) is 9.00 Å². The predicted molar refractivity (Wildman–Crippen MR) is 58.6 cm³/mol. The Kier molecular flexibility index (Phi) is 4.32. The normalized spacial score (nSPS) is 12.1. The van der Waals surface area contributed by atoms with Gasteiger partial charge in [-0.1, -0.05) is 25.1 Å². The van der Waals surface area contributed by atoms with E-state index in [4.69, 9.17) is 0 Å². The van der Waals surface area contributed by atoms with E-state index in [0.29, 0.717) is 5.75 Å². The number of nitrogens with one attached hydrogen (secondary N) is 1. The van der Waals surface area contributed by atoms with Gasteiger partial charge in [0.25, 0.3) is 0 Å². The number of para-hydroxylation sites is 1. The number of amides is 1. The second-order valence-corrected chi connectivity index (χ2v) is 4.53. The van der Waals surface area contributed by atoms with Crippen LogP contribution in [0, 0.1) is 0 Å². The number of rotatable bonds is 4. The molecule has 4 heteroatoms. The number of carbonyl (C=O) groups excluding carboxylic acids is 1. The van der Waals surface area contributed by atoms with Crippen LogP contribution in [0.1, 0.15) is 6.92 Å². The molecule has 1 N–H and O–H groups in total. The minimum atomic E-state index is -1.04. The van der Waals surface area contributed by atoms with Crippen molar-refractivity contribution in [1.82, 2.24) is 0 Å². The van der Waals surface area contributed by atoms with Crippen molar-refractivity contribution in [2.75, 3.05) is 16.8 Å². The third-order valence-corrected chi connectivity index (χ3v) is 2.90. The van der Waals surface area contributed by atoms with Gasteiger partial charge in [0.2, 0.25) is 5.91 Å². The first-order valence-electron chi connectivity index (χ1n) is 4.42. The zero-order valence-corrected chi connectivity index (χ0v) is 8.84. The summed E-state index contributed by atoms with van der Waals surface area (Å²) in [5.74, 6) is 0.393. The van der Waals surface area contributed by atoms with Gasteiger partial charge in [-0.05, 0) is 12.1 Å². The van der Waals surface area contributed by atoms with Crippen LogP contribution in [-0.2, 0) is 15.6 Å². The van der Waals surface area contributed by atoms with Crippen LogP contribution in [0.25, 0.3) is 0 Å². The van der Waals surface area contributed by atoms with E-state index in [1.165, 1.54) is 0 Å². The average molecular weight is 211 g/mol. The highest BCUT2D eigenvalue weighted by molar-refractivity contribution is 7.85. The maximum Gasteiger partial charge on any atom is 0.236 e. The van der Waals surface area contributed by atoms with Crippen molar-refractivity contribution in [3.05, 3.63) is 30.3 Å². The highest BCUT2D eigenvalue weighted by Gasteiger charge is 2.05. The van der Waals surface area contributed by atoms with Gasteiger partial charge in [0.05, 0.1) is 0 Å². The number of anilines is 1. The van der Waals surface area contributed by atoms with Crippen LogP contribution in [0.15, 0.2) is 30.3 Å². The van der Waals surface area contributed by atoms with Crippen LogP contribution in [0.5, 0.6) is 0 Å². The van der Waals surface area contributed by atoms with Gasteiger partial charge in [0.1, 0.15) is 5.75 Å². The Morgan fingerprint density at radius 2 is 2.00 bits per heavy atom. The quantitative estimate of drug-likeness (QED) is 0.818. The number of benzene rings is 1.